The maximum Gasteiger partial charge on any atom is 0.318 e. The molecule has 0 atom stereocenters. The van der Waals surface area contributed by atoms with E-state index in [9.17, 15) is 14.4 Å². The lowest BCUT2D eigenvalue weighted by molar-refractivity contribution is -0.148. The fourth-order valence-electron chi connectivity index (χ4n) is 0.621. The minimum Gasteiger partial charge on any atom is -0.426 e. The summed E-state index contributed by atoms with van der Waals surface area (Å²) in [6, 6.07) is 0. The van der Waals surface area contributed by atoms with Crippen molar-refractivity contribution in [1.82, 2.24) is 0 Å². The summed E-state index contributed by atoms with van der Waals surface area (Å²) in [7, 11) is 0. The van der Waals surface area contributed by atoms with E-state index in [-0.39, 0.29) is 18.0 Å². The van der Waals surface area contributed by atoms with E-state index in [1.165, 1.54) is 12.2 Å². The third-order valence-electron chi connectivity index (χ3n) is 1.09. The van der Waals surface area contributed by atoms with Gasteiger partial charge in [0.15, 0.2) is 5.76 Å². The molecule has 1 heterocycles. The lowest BCUT2D eigenvalue weighted by atomic mass is 10.3. The largest absolute Gasteiger partial charge is 0.426 e. The van der Waals surface area contributed by atoms with Crippen LogP contribution in [0.1, 0.15) is 6.42 Å². The zero-order chi connectivity index (χ0) is 8.97. The highest BCUT2D eigenvalue weighted by atomic mass is 16.6. The van der Waals surface area contributed by atoms with E-state index in [1.54, 1.807) is 0 Å². The second-order valence-electron chi connectivity index (χ2n) is 1.80. The summed E-state index contributed by atoms with van der Waals surface area (Å²) in [6.45, 7) is 0. The third-order valence-corrected chi connectivity index (χ3v) is 1.09. The summed E-state index contributed by atoms with van der Waals surface area (Å²) >= 11 is 0. The van der Waals surface area contributed by atoms with Crippen LogP contribution in [0.5, 0.6) is 0 Å². The average molecular weight is 166 g/mol. The molecule has 0 radical (unpaired) electrons. The Kier molecular flexibility index (Phi) is 2.28. The summed E-state index contributed by atoms with van der Waals surface area (Å²) in [4.78, 5) is 35.9. The van der Waals surface area contributed by atoms with Crippen LogP contribution in [0.2, 0.25) is 0 Å². The van der Waals surface area contributed by atoms with Crippen LogP contribution in [0.4, 0.5) is 0 Å². The molecule has 1 aliphatic heterocycles. The number of aliphatic imine (C=N–C) groups is 2. The molecule has 6 nitrogen and oxygen atoms in total. The number of rotatable bonds is 2. The summed E-state index contributed by atoms with van der Waals surface area (Å²) in [6.07, 6.45) is 2.33. The highest BCUT2D eigenvalue weighted by Crippen LogP contribution is 2.22. The molecule has 0 unspecified atom stereocenters. The first-order valence-electron chi connectivity index (χ1n) is 2.87. The maximum atomic E-state index is 10.3. The van der Waals surface area contributed by atoms with Crippen LogP contribution >= 0.6 is 0 Å². The van der Waals surface area contributed by atoms with Crippen molar-refractivity contribution >= 4 is 18.1 Å². The summed E-state index contributed by atoms with van der Waals surface area (Å²) in [5, 5.41) is 0. The van der Waals surface area contributed by atoms with Crippen molar-refractivity contribution in [3.63, 3.8) is 0 Å². The van der Waals surface area contributed by atoms with Gasteiger partial charge in [0.2, 0.25) is 18.0 Å². The number of nitrogens with zero attached hydrogens (tertiary/aromatic N) is 2. The molecule has 0 amide bonds. The van der Waals surface area contributed by atoms with Crippen LogP contribution in [0.25, 0.3) is 0 Å². The fourth-order valence-corrected chi connectivity index (χ4v) is 0.621. The van der Waals surface area contributed by atoms with Crippen LogP contribution in [0, 0.1) is 0 Å². The van der Waals surface area contributed by atoms with Crippen LogP contribution in [-0.2, 0) is 19.1 Å². The van der Waals surface area contributed by atoms with Crippen molar-refractivity contribution in [2.75, 3.05) is 0 Å². The SMILES string of the molecule is O=C=NC(N=C=O)=C1CC(=O)O1. The van der Waals surface area contributed by atoms with Gasteiger partial charge in [0, 0.05) is 0 Å². The normalized spacial score (nSPS) is 13.3. The van der Waals surface area contributed by atoms with Gasteiger partial charge in [-0.25, -0.2) is 9.59 Å². The number of hydrogen-bond acceptors (Lipinski definition) is 6. The van der Waals surface area contributed by atoms with Crippen LogP contribution in [-0.4, -0.2) is 18.1 Å². The molecule has 0 aromatic carbocycles. The van der Waals surface area contributed by atoms with E-state index in [1.807, 2.05) is 0 Å². The standard InChI is InChI=1S/C6H2N2O4/c9-2-7-6(8-3-10)4-1-5(11)12-4/h1H2. The lowest BCUT2D eigenvalue weighted by Crippen LogP contribution is -2.18. The number of carbonyl (C=O) groups excluding carboxylic acids is 3. The van der Waals surface area contributed by atoms with Gasteiger partial charge < -0.3 is 4.74 Å². The van der Waals surface area contributed by atoms with Crippen molar-refractivity contribution in [3.8, 4) is 0 Å². The first-order valence-corrected chi connectivity index (χ1v) is 2.87. The van der Waals surface area contributed by atoms with E-state index in [0.29, 0.717) is 0 Å². The Hall–Kier alpha value is -2.03. The maximum absolute atomic E-state index is 10.3. The topological polar surface area (TPSA) is 85.2 Å². The van der Waals surface area contributed by atoms with Crippen LogP contribution < -0.4 is 0 Å². The van der Waals surface area contributed by atoms with Crippen molar-refractivity contribution in [3.05, 3.63) is 11.6 Å². The Balaban J connectivity index is 2.92. The second-order valence-corrected chi connectivity index (χ2v) is 1.80. The van der Waals surface area contributed by atoms with E-state index in [0.717, 1.165) is 0 Å². The highest BCUT2D eigenvalue weighted by Gasteiger charge is 2.26. The monoisotopic (exact) mass is 166 g/mol. The third kappa shape index (κ3) is 1.52. The molecule has 1 fully saturated rings. The molecule has 1 aliphatic rings. The minimum atomic E-state index is -0.454. The van der Waals surface area contributed by atoms with E-state index >= 15 is 0 Å². The van der Waals surface area contributed by atoms with E-state index in [2.05, 4.69) is 14.7 Å². The molecule has 0 saturated carbocycles. The second kappa shape index (κ2) is 3.39. The summed E-state index contributed by atoms with van der Waals surface area (Å²) < 4.78 is 4.40. The summed E-state index contributed by atoms with van der Waals surface area (Å²) in [5.41, 5.74) is 0. The van der Waals surface area contributed by atoms with E-state index in [4.69, 9.17) is 0 Å². The average Bonchev–Trinajstić information content (AvgIpc) is 1.99. The van der Waals surface area contributed by atoms with Gasteiger partial charge in [0.25, 0.3) is 0 Å². The molecule has 12 heavy (non-hydrogen) atoms. The quantitative estimate of drug-likeness (QED) is 0.322. The Bertz CT molecular complexity index is 315. The minimum absolute atomic E-state index is 0.00824. The van der Waals surface area contributed by atoms with Gasteiger partial charge in [-0.05, 0) is 0 Å². The van der Waals surface area contributed by atoms with Gasteiger partial charge in [-0.15, -0.1) is 9.98 Å². The molecular weight excluding hydrogens is 164 g/mol. The first-order chi connectivity index (χ1) is 5.77. The molecular formula is C6H2N2O4. The van der Waals surface area contributed by atoms with Gasteiger partial charge in [0.05, 0.1) is 0 Å². The number of cyclic esters (lactones) is 1. The zero-order valence-electron chi connectivity index (χ0n) is 5.73. The molecule has 1 rings (SSSR count). The van der Waals surface area contributed by atoms with Crippen LogP contribution in [0.3, 0.4) is 0 Å². The van der Waals surface area contributed by atoms with Crippen molar-refractivity contribution < 1.29 is 19.1 Å². The smallest absolute Gasteiger partial charge is 0.318 e. The Morgan fingerprint density at radius 3 is 2.17 bits per heavy atom. The zero-order valence-corrected chi connectivity index (χ0v) is 5.73. The van der Waals surface area contributed by atoms with Gasteiger partial charge in [-0.1, -0.05) is 0 Å². The van der Waals surface area contributed by atoms with Crippen molar-refractivity contribution in [2.45, 2.75) is 6.42 Å². The molecule has 0 aromatic heterocycles. The Morgan fingerprint density at radius 1 is 1.33 bits per heavy atom. The summed E-state index contributed by atoms with van der Waals surface area (Å²) in [5.74, 6) is -0.615. The Labute approximate surface area is 66.3 Å². The molecule has 60 valence electrons. The Morgan fingerprint density at radius 2 is 1.83 bits per heavy atom. The van der Waals surface area contributed by atoms with Gasteiger partial charge >= 0.3 is 5.97 Å². The number of isocyanates is 2. The number of carbonyl (C=O) groups is 1. The van der Waals surface area contributed by atoms with Crippen molar-refractivity contribution in [1.29, 1.82) is 0 Å². The molecule has 0 spiro atoms. The highest BCUT2D eigenvalue weighted by molar-refractivity contribution is 5.80. The molecule has 0 aliphatic carbocycles. The number of ether oxygens (including phenoxy) is 1. The lowest BCUT2D eigenvalue weighted by Gasteiger charge is -2.15. The number of hydrogen-bond donors (Lipinski definition) is 0. The van der Waals surface area contributed by atoms with Gasteiger partial charge in [0.1, 0.15) is 6.42 Å². The fraction of sp³-hybridized carbons (Fsp3) is 0.167. The predicted molar refractivity (Wildman–Crippen MR) is 34.0 cm³/mol. The van der Waals surface area contributed by atoms with Crippen LogP contribution in [0.15, 0.2) is 21.6 Å². The predicted octanol–water partition coefficient (Wildman–Crippen LogP) is -0.226. The molecule has 0 aromatic rings. The van der Waals surface area contributed by atoms with Gasteiger partial charge in [-0.2, -0.15) is 0 Å². The molecule has 6 heteroatoms. The molecule has 1 saturated heterocycles. The molecule has 0 N–H and O–H groups in total. The van der Waals surface area contributed by atoms with Crippen molar-refractivity contribution in [2.24, 2.45) is 9.98 Å². The number of esters is 1. The first kappa shape index (κ1) is 8.07. The van der Waals surface area contributed by atoms with Gasteiger partial charge in [-0.3, -0.25) is 4.79 Å². The van der Waals surface area contributed by atoms with E-state index < -0.39 is 5.97 Å². The molecule has 0 bridgehead atoms.